The second kappa shape index (κ2) is 5.19. The molecule has 0 radical (unpaired) electrons. The lowest BCUT2D eigenvalue weighted by Crippen LogP contribution is -2.36. The van der Waals surface area contributed by atoms with E-state index in [9.17, 15) is 0 Å². The van der Waals surface area contributed by atoms with Gasteiger partial charge in [-0.15, -0.1) is 0 Å². The van der Waals surface area contributed by atoms with Crippen molar-refractivity contribution in [1.82, 2.24) is 14.9 Å². The summed E-state index contributed by atoms with van der Waals surface area (Å²) in [6.45, 7) is 7.20. The van der Waals surface area contributed by atoms with Gasteiger partial charge in [0.15, 0.2) is 0 Å². The quantitative estimate of drug-likeness (QED) is 0.783. The summed E-state index contributed by atoms with van der Waals surface area (Å²) in [5.41, 5.74) is 0.424. The molecule has 1 aliphatic carbocycles. The molecule has 1 heterocycles. The summed E-state index contributed by atoms with van der Waals surface area (Å²) < 4.78 is 7.46. The molecule has 0 unspecified atom stereocenters. The molecule has 1 atom stereocenters. The van der Waals surface area contributed by atoms with Crippen LogP contribution in [0.1, 0.15) is 25.6 Å². The van der Waals surface area contributed by atoms with Crippen molar-refractivity contribution in [1.29, 1.82) is 0 Å². The summed E-state index contributed by atoms with van der Waals surface area (Å²) in [6.07, 6.45) is 6.49. The van der Waals surface area contributed by atoms with Gasteiger partial charge in [-0.1, -0.05) is 0 Å². The Morgan fingerprint density at radius 3 is 2.88 bits per heavy atom. The zero-order valence-corrected chi connectivity index (χ0v) is 11.1. The van der Waals surface area contributed by atoms with E-state index in [-0.39, 0.29) is 0 Å². The van der Waals surface area contributed by atoms with Crippen molar-refractivity contribution < 1.29 is 4.74 Å². The molecule has 1 aromatic heterocycles. The molecule has 0 amide bonds. The predicted molar refractivity (Wildman–Crippen MR) is 68.0 cm³/mol. The minimum absolute atomic E-state index is 0.424. The fraction of sp³-hybridized carbons (Fsp3) is 0.769. The highest BCUT2D eigenvalue weighted by atomic mass is 16.5. The molecule has 0 saturated heterocycles. The van der Waals surface area contributed by atoms with Gasteiger partial charge in [0.2, 0.25) is 0 Å². The number of nitrogens with zero attached hydrogens (tertiary/aromatic N) is 2. The molecule has 17 heavy (non-hydrogen) atoms. The van der Waals surface area contributed by atoms with Gasteiger partial charge in [0.1, 0.15) is 5.82 Å². The molecule has 0 spiro atoms. The first-order valence-electron chi connectivity index (χ1n) is 6.35. The van der Waals surface area contributed by atoms with Crippen LogP contribution >= 0.6 is 0 Å². The number of hydrogen-bond donors (Lipinski definition) is 1. The van der Waals surface area contributed by atoms with Crippen LogP contribution in [0.15, 0.2) is 12.4 Å². The molecule has 1 saturated carbocycles. The monoisotopic (exact) mass is 237 g/mol. The largest absolute Gasteiger partial charge is 0.384 e. The Labute approximate surface area is 103 Å². The van der Waals surface area contributed by atoms with Gasteiger partial charge < -0.3 is 14.6 Å². The van der Waals surface area contributed by atoms with Crippen LogP contribution in [0, 0.1) is 12.3 Å². The Morgan fingerprint density at radius 2 is 2.35 bits per heavy atom. The molecule has 96 valence electrons. The lowest BCUT2D eigenvalue weighted by atomic mass is 10.1. The summed E-state index contributed by atoms with van der Waals surface area (Å²) >= 11 is 0. The Bertz CT molecular complexity index is 357. The third-order valence-corrected chi connectivity index (χ3v) is 3.63. The highest BCUT2D eigenvalue weighted by Gasteiger charge is 2.42. The second-order valence-corrected chi connectivity index (χ2v) is 5.34. The number of methoxy groups -OCH3 is 1. The number of imidazole rings is 1. The SMILES string of the molecule is COCC1(CN[C@@H](C)Cn2ccnc2C)CC1. The summed E-state index contributed by atoms with van der Waals surface area (Å²) in [5, 5.41) is 3.61. The Balaban J connectivity index is 1.75. The first-order chi connectivity index (χ1) is 8.15. The molecule has 4 heteroatoms. The molecule has 0 aromatic carbocycles. The number of hydrogen-bond acceptors (Lipinski definition) is 3. The van der Waals surface area contributed by atoms with Crippen LogP contribution in [0.2, 0.25) is 0 Å². The molecule has 1 N–H and O–H groups in total. The van der Waals surface area contributed by atoms with E-state index in [1.807, 2.05) is 19.3 Å². The number of aryl methyl sites for hydroxylation is 1. The maximum atomic E-state index is 5.27. The van der Waals surface area contributed by atoms with Gasteiger partial charge in [0.05, 0.1) is 6.61 Å². The highest BCUT2D eigenvalue weighted by Crippen LogP contribution is 2.45. The Hall–Kier alpha value is -0.870. The fourth-order valence-electron chi connectivity index (χ4n) is 2.20. The number of ether oxygens (including phenoxy) is 1. The van der Waals surface area contributed by atoms with Crippen LogP contribution in [-0.4, -0.2) is 35.9 Å². The molecular formula is C13H23N3O. The average Bonchev–Trinajstić information content (AvgIpc) is 2.95. The number of nitrogens with one attached hydrogen (secondary N) is 1. The Kier molecular flexibility index (Phi) is 3.84. The van der Waals surface area contributed by atoms with Gasteiger partial charge in [-0.05, 0) is 26.7 Å². The van der Waals surface area contributed by atoms with Crippen molar-refractivity contribution in [3.05, 3.63) is 18.2 Å². The summed E-state index contributed by atoms with van der Waals surface area (Å²) in [7, 11) is 1.79. The van der Waals surface area contributed by atoms with Gasteiger partial charge in [-0.3, -0.25) is 0 Å². The molecule has 0 bridgehead atoms. The summed E-state index contributed by atoms with van der Waals surface area (Å²) in [5.74, 6) is 1.08. The van der Waals surface area contributed by atoms with E-state index >= 15 is 0 Å². The third-order valence-electron chi connectivity index (χ3n) is 3.63. The Morgan fingerprint density at radius 1 is 1.59 bits per heavy atom. The molecule has 1 aliphatic rings. The normalized spacial score (nSPS) is 19.2. The topological polar surface area (TPSA) is 39.1 Å². The molecule has 1 aromatic rings. The summed E-state index contributed by atoms with van der Waals surface area (Å²) in [4.78, 5) is 4.24. The molecule has 0 aliphatic heterocycles. The van der Waals surface area contributed by atoms with E-state index in [4.69, 9.17) is 4.74 Å². The van der Waals surface area contributed by atoms with Crippen LogP contribution in [0.25, 0.3) is 0 Å². The lowest BCUT2D eigenvalue weighted by Gasteiger charge is -2.20. The molecule has 4 nitrogen and oxygen atoms in total. The van der Waals surface area contributed by atoms with Crippen LogP contribution < -0.4 is 5.32 Å². The smallest absolute Gasteiger partial charge is 0.105 e. The lowest BCUT2D eigenvalue weighted by molar-refractivity contribution is 0.137. The van der Waals surface area contributed by atoms with Crippen molar-refractivity contribution >= 4 is 0 Å². The number of rotatable bonds is 7. The van der Waals surface area contributed by atoms with Crippen LogP contribution in [0.3, 0.4) is 0 Å². The molecular weight excluding hydrogens is 214 g/mol. The van der Waals surface area contributed by atoms with Gasteiger partial charge in [-0.25, -0.2) is 4.98 Å². The first-order valence-corrected chi connectivity index (χ1v) is 6.35. The van der Waals surface area contributed by atoms with E-state index in [1.54, 1.807) is 7.11 Å². The zero-order chi connectivity index (χ0) is 12.3. The van der Waals surface area contributed by atoms with E-state index in [0.717, 1.165) is 25.5 Å². The average molecular weight is 237 g/mol. The minimum Gasteiger partial charge on any atom is -0.384 e. The fourth-order valence-corrected chi connectivity index (χ4v) is 2.20. The minimum atomic E-state index is 0.424. The van der Waals surface area contributed by atoms with Gasteiger partial charge in [0, 0.05) is 44.0 Å². The van der Waals surface area contributed by atoms with E-state index < -0.39 is 0 Å². The van der Waals surface area contributed by atoms with Crippen molar-refractivity contribution in [2.24, 2.45) is 5.41 Å². The van der Waals surface area contributed by atoms with Crippen molar-refractivity contribution in [3.63, 3.8) is 0 Å². The predicted octanol–water partition coefficient (Wildman–Crippen LogP) is 1.60. The molecule has 2 rings (SSSR count). The van der Waals surface area contributed by atoms with Gasteiger partial charge in [-0.2, -0.15) is 0 Å². The first kappa shape index (κ1) is 12.6. The third kappa shape index (κ3) is 3.30. The number of aromatic nitrogens is 2. The maximum Gasteiger partial charge on any atom is 0.105 e. The van der Waals surface area contributed by atoms with Crippen molar-refractivity contribution in [2.45, 2.75) is 39.3 Å². The van der Waals surface area contributed by atoms with E-state index in [0.29, 0.717) is 11.5 Å². The zero-order valence-electron chi connectivity index (χ0n) is 11.1. The van der Waals surface area contributed by atoms with E-state index in [1.165, 1.54) is 12.8 Å². The summed E-state index contributed by atoms with van der Waals surface area (Å²) in [6, 6.07) is 0.470. The van der Waals surface area contributed by atoms with Gasteiger partial charge in [0.25, 0.3) is 0 Å². The van der Waals surface area contributed by atoms with Crippen LogP contribution in [0.5, 0.6) is 0 Å². The maximum absolute atomic E-state index is 5.27. The van der Waals surface area contributed by atoms with Crippen molar-refractivity contribution in [3.8, 4) is 0 Å². The van der Waals surface area contributed by atoms with Gasteiger partial charge >= 0.3 is 0 Å². The molecule has 1 fully saturated rings. The van der Waals surface area contributed by atoms with Crippen LogP contribution in [-0.2, 0) is 11.3 Å². The highest BCUT2D eigenvalue weighted by molar-refractivity contribution is 4.95. The van der Waals surface area contributed by atoms with Crippen LogP contribution in [0.4, 0.5) is 0 Å². The van der Waals surface area contributed by atoms with Crippen molar-refractivity contribution in [2.75, 3.05) is 20.3 Å². The van der Waals surface area contributed by atoms with E-state index in [2.05, 4.69) is 21.8 Å². The standard InChI is InChI=1S/C13H23N3O/c1-11(8-16-7-6-14-12(16)2)15-9-13(4-5-13)10-17-3/h6-7,11,15H,4-5,8-10H2,1-3H3/t11-/m0/s1. The second-order valence-electron chi connectivity index (χ2n) is 5.34.